The summed E-state index contributed by atoms with van der Waals surface area (Å²) in [5, 5.41) is 6.59. The van der Waals surface area contributed by atoms with Gasteiger partial charge in [0, 0.05) is 13.1 Å². The van der Waals surface area contributed by atoms with Crippen LogP contribution in [-0.4, -0.2) is 39.9 Å². The van der Waals surface area contributed by atoms with E-state index in [0.717, 1.165) is 36.8 Å². The summed E-state index contributed by atoms with van der Waals surface area (Å²) in [4.78, 5) is 4.63. The van der Waals surface area contributed by atoms with Crippen molar-refractivity contribution >= 4 is 29.9 Å². The van der Waals surface area contributed by atoms with E-state index in [-0.39, 0.29) is 24.0 Å². The van der Waals surface area contributed by atoms with Crippen molar-refractivity contribution in [2.75, 3.05) is 33.9 Å². The molecule has 2 rings (SSSR count). The first kappa shape index (κ1) is 23.9. The lowest BCUT2D eigenvalue weighted by molar-refractivity contribution is 0.311. The number of ether oxygens (including phenoxy) is 3. The Hall–Kier alpha value is -2.16. The van der Waals surface area contributed by atoms with Crippen LogP contribution in [0.5, 0.6) is 17.2 Å². The Morgan fingerprint density at radius 2 is 1.71 bits per heavy atom. The van der Waals surface area contributed by atoms with E-state index >= 15 is 0 Å². The molecule has 0 aliphatic rings. The molecule has 0 radical (unpaired) electrons. The van der Waals surface area contributed by atoms with E-state index < -0.39 is 0 Å². The zero-order valence-corrected chi connectivity index (χ0v) is 19.1. The van der Waals surface area contributed by atoms with Crippen molar-refractivity contribution in [3.63, 3.8) is 0 Å². The van der Waals surface area contributed by atoms with Gasteiger partial charge in [-0.25, -0.2) is 4.99 Å². The van der Waals surface area contributed by atoms with Crippen LogP contribution in [-0.2, 0) is 6.54 Å². The van der Waals surface area contributed by atoms with Gasteiger partial charge >= 0.3 is 0 Å². The second-order valence-corrected chi connectivity index (χ2v) is 5.83. The Morgan fingerprint density at radius 3 is 2.39 bits per heavy atom. The normalized spacial score (nSPS) is 10.6. The molecule has 2 N–H and O–H groups in total. The Labute approximate surface area is 184 Å². The highest BCUT2D eigenvalue weighted by molar-refractivity contribution is 14.0. The lowest BCUT2D eigenvalue weighted by atomic mass is 10.2. The van der Waals surface area contributed by atoms with Crippen molar-refractivity contribution in [2.45, 2.75) is 19.9 Å². The molecule has 0 aliphatic carbocycles. The third-order valence-electron chi connectivity index (χ3n) is 3.84. The van der Waals surface area contributed by atoms with Gasteiger partial charge in [0.05, 0.1) is 27.4 Å². The van der Waals surface area contributed by atoms with E-state index in [0.29, 0.717) is 24.7 Å². The minimum absolute atomic E-state index is 0. The maximum absolute atomic E-state index is 5.70. The van der Waals surface area contributed by atoms with Gasteiger partial charge in [0.1, 0.15) is 5.75 Å². The predicted octanol–water partition coefficient (Wildman–Crippen LogP) is 3.85. The molecule has 0 bridgehead atoms. The van der Waals surface area contributed by atoms with Gasteiger partial charge in [-0.1, -0.05) is 24.3 Å². The van der Waals surface area contributed by atoms with Crippen LogP contribution >= 0.6 is 24.0 Å². The average Bonchev–Trinajstić information content (AvgIpc) is 2.72. The van der Waals surface area contributed by atoms with Crippen LogP contribution in [0, 0.1) is 0 Å². The fourth-order valence-electron chi connectivity index (χ4n) is 2.48. The summed E-state index contributed by atoms with van der Waals surface area (Å²) in [5.41, 5.74) is 1.05. The first-order valence-electron chi connectivity index (χ1n) is 9.17. The minimum atomic E-state index is 0. The number of methoxy groups -OCH3 is 2. The number of hydrogen-bond donors (Lipinski definition) is 2. The lowest BCUT2D eigenvalue weighted by Crippen LogP contribution is -2.38. The molecule has 0 spiro atoms. The molecule has 0 fully saturated rings. The number of nitrogens with one attached hydrogen (secondary N) is 2. The van der Waals surface area contributed by atoms with Crippen LogP contribution in [0.4, 0.5) is 0 Å². The van der Waals surface area contributed by atoms with E-state index in [1.54, 1.807) is 14.2 Å². The van der Waals surface area contributed by atoms with Crippen molar-refractivity contribution in [2.24, 2.45) is 4.99 Å². The number of hydrogen-bond acceptors (Lipinski definition) is 4. The van der Waals surface area contributed by atoms with Crippen molar-refractivity contribution in [3.8, 4) is 17.2 Å². The van der Waals surface area contributed by atoms with Crippen molar-refractivity contribution < 1.29 is 14.2 Å². The molecule has 2 aromatic carbocycles. The Balaban J connectivity index is 0.00000392. The third-order valence-corrected chi connectivity index (χ3v) is 3.84. The average molecular weight is 499 g/mol. The molecular weight excluding hydrogens is 469 g/mol. The van der Waals surface area contributed by atoms with E-state index in [1.165, 1.54) is 0 Å². The quantitative estimate of drug-likeness (QED) is 0.225. The molecule has 0 unspecified atom stereocenters. The smallest absolute Gasteiger partial charge is 0.191 e. The summed E-state index contributed by atoms with van der Waals surface area (Å²) >= 11 is 0. The molecular formula is C21H30IN3O3. The molecule has 7 heteroatoms. The van der Waals surface area contributed by atoms with E-state index in [2.05, 4.69) is 15.6 Å². The third kappa shape index (κ3) is 8.24. The molecule has 0 aromatic heterocycles. The highest BCUT2D eigenvalue weighted by atomic mass is 127. The van der Waals surface area contributed by atoms with Crippen LogP contribution in [0.2, 0.25) is 0 Å². The first-order chi connectivity index (χ1) is 13.3. The zero-order valence-electron chi connectivity index (χ0n) is 16.7. The van der Waals surface area contributed by atoms with Gasteiger partial charge in [-0.2, -0.15) is 0 Å². The van der Waals surface area contributed by atoms with Crippen LogP contribution in [0.3, 0.4) is 0 Å². The fraction of sp³-hybridized carbons (Fsp3) is 0.381. The topological polar surface area (TPSA) is 64.1 Å². The van der Waals surface area contributed by atoms with Crippen LogP contribution in [0.1, 0.15) is 18.9 Å². The van der Waals surface area contributed by atoms with Crippen LogP contribution < -0.4 is 24.8 Å². The summed E-state index contributed by atoms with van der Waals surface area (Å²) in [6.07, 6.45) is 0.885. The Kier molecular flexibility index (Phi) is 11.9. The van der Waals surface area contributed by atoms with Gasteiger partial charge in [0.25, 0.3) is 0 Å². The Bertz CT molecular complexity index is 711. The second kappa shape index (κ2) is 13.9. The summed E-state index contributed by atoms with van der Waals surface area (Å²) < 4.78 is 16.3. The summed E-state index contributed by atoms with van der Waals surface area (Å²) in [6.45, 7) is 4.84. The molecule has 6 nitrogen and oxygen atoms in total. The Morgan fingerprint density at radius 1 is 0.964 bits per heavy atom. The van der Waals surface area contributed by atoms with Crippen molar-refractivity contribution in [1.29, 1.82) is 0 Å². The molecule has 2 aromatic rings. The largest absolute Gasteiger partial charge is 0.494 e. The molecule has 154 valence electrons. The van der Waals surface area contributed by atoms with E-state index in [4.69, 9.17) is 14.2 Å². The van der Waals surface area contributed by atoms with Crippen LogP contribution in [0.25, 0.3) is 0 Å². The number of rotatable bonds is 10. The van der Waals surface area contributed by atoms with Gasteiger partial charge in [0.15, 0.2) is 17.5 Å². The number of para-hydroxylation sites is 1. The van der Waals surface area contributed by atoms with Crippen LogP contribution in [0.15, 0.2) is 53.5 Å². The fourth-order valence-corrected chi connectivity index (χ4v) is 2.48. The van der Waals surface area contributed by atoms with Crippen molar-refractivity contribution in [1.82, 2.24) is 10.6 Å². The summed E-state index contributed by atoms with van der Waals surface area (Å²) in [6, 6.07) is 15.7. The maximum Gasteiger partial charge on any atom is 0.191 e. The minimum Gasteiger partial charge on any atom is -0.494 e. The first-order valence-corrected chi connectivity index (χ1v) is 9.17. The number of aliphatic imine (C=N–C) groups is 1. The number of halogens is 1. The molecule has 0 amide bonds. The van der Waals surface area contributed by atoms with E-state index in [1.807, 2.05) is 55.5 Å². The monoisotopic (exact) mass is 499 g/mol. The maximum atomic E-state index is 5.70. The standard InChI is InChI=1S/C21H29N3O3.HI/c1-4-22-21(23-13-8-14-27-18-9-6-5-7-10-18)24-16-17-11-12-19(25-2)20(15-17)26-3;/h5-7,9-12,15H,4,8,13-14,16H2,1-3H3,(H2,22,23,24);1H. The summed E-state index contributed by atoms with van der Waals surface area (Å²) in [7, 11) is 3.26. The molecule has 28 heavy (non-hydrogen) atoms. The molecule has 0 saturated carbocycles. The van der Waals surface area contributed by atoms with E-state index in [9.17, 15) is 0 Å². The highest BCUT2D eigenvalue weighted by Gasteiger charge is 2.04. The molecule has 0 aliphatic heterocycles. The SMILES string of the molecule is CCNC(=NCc1ccc(OC)c(OC)c1)NCCCOc1ccccc1.I. The molecule has 0 atom stereocenters. The second-order valence-electron chi connectivity index (χ2n) is 5.83. The summed E-state index contributed by atoms with van der Waals surface area (Å²) in [5.74, 6) is 3.11. The van der Waals surface area contributed by atoms with Gasteiger partial charge in [0.2, 0.25) is 0 Å². The van der Waals surface area contributed by atoms with Gasteiger partial charge in [-0.05, 0) is 43.2 Å². The number of nitrogens with zero attached hydrogens (tertiary/aromatic N) is 1. The lowest BCUT2D eigenvalue weighted by Gasteiger charge is -2.12. The van der Waals surface area contributed by atoms with Gasteiger partial charge < -0.3 is 24.8 Å². The zero-order chi connectivity index (χ0) is 19.3. The highest BCUT2D eigenvalue weighted by Crippen LogP contribution is 2.27. The molecule has 0 saturated heterocycles. The van der Waals surface area contributed by atoms with Gasteiger partial charge in [-0.3, -0.25) is 0 Å². The van der Waals surface area contributed by atoms with Crippen molar-refractivity contribution in [3.05, 3.63) is 54.1 Å². The van der Waals surface area contributed by atoms with Gasteiger partial charge in [-0.15, -0.1) is 24.0 Å². The molecule has 0 heterocycles. The number of guanidine groups is 1. The predicted molar refractivity (Wildman–Crippen MR) is 124 cm³/mol. The number of benzene rings is 2.